The average Bonchev–Trinajstić information content (AvgIpc) is 2.78. The van der Waals surface area contributed by atoms with Crippen molar-refractivity contribution in [2.45, 2.75) is 71.6 Å². The Morgan fingerprint density at radius 2 is 1.76 bits per heavy atom. The summed E-state index contributed by atoms with van der Waals surface area (Å²) in [7, 11) is 0. The van der Waals surface area contributed by atoms with E-state index in [0.29, 0.717) is 18.2 Å². The first kappa shape index (κ1) is 24.8. The number of nitrogens with one attached hydrogen (secondary N) is 1. The monoisotopic (exact) mass is 451 g/mol. The van der Waals surface area contributed by atoms with Gasteiger partial charge < -0.3 is 9.64 Å². The van der Waals surface area contributed by atoms with E-state index >= 15 is 0 Å². The van der Waals surface area contributed by atoms with Crippen LogP contribution in [0.1, 0.15) is 65.5 Å². The number of carbonyl (C=O) groups excluding carboxylic acids is 2. The van der Waals surface area contributed by atoms with Gasteiger partial charge in [-0.05, 0) is 64.3 Å². The molecule has 2 amide bonds. The minimum atomic E-state index is -0.573. The lowest BCUT2D eigenvalue weighted by Gasteiger charge is -2.41. The average molecular weight is 452 g/mol. The molecule has 0 radical (unpaired) electrons. The zero-order chi connectivity index (χ0) is 24.0. The van der Waals surface area contributed by atoms with Crippen molar-refractivity contribution < 1.29 is 14.3 Å². The number of anilines is 2. The molecular weight excluding hydrogens is 414 g/mol. The summed E-state index contributed by atoms with van der Waals surface area (Å²) in [5.74, 6) is 0.0963. The molecule has 0 saturated carbocycles. The lowest BCUT2D eigenvalue weighted by atomic mass is 9.98. The third-order valence-corrected chi connectivity index (χ3v) is 6.03. The SMILES string of the molecule is CCC(=O)N(c1cccc(NC(=O)OC(C)(C)C)c1)C1CCN(C(C)c2ccccc2)CC1. The van der Waals surface area contributed by atoms with Crippen molar-refractivity contribution in [3.05, 3.63) is 60.2 Å². The number of rotatable bonds is 6. The Labute approximate surface area is 197 Å². The van der Waals surface area contributed by atoms with Crippen molar-refractivity contribution in [2.24, 2.45) is 0 Å². The summed E-state index contributed by atoms with van der Waals surface area (Å²) >= 11 is 0. The van der Waals surface area contributed by atoms with E-state index in [-0.39, 0.29) is 11.9 Å². The van der Waals surface area contributed by atoms with Crippen LogP contribution in [0.3, 0.4) is 0 Å². The summed E-state index contributed by atoms with van der Waals surface area (Å²) in [5.41, 5.74) is 2.17. The predicted octanol–water partition coefficient (Wildman–Crippen LogP) is 6.00. The normalized spacial score (nSPS) is 16.2. The molecule has 3 rings (SSSR count). The van der Waals surface area contributed by atoms with Crippen LogP contribution in [-0.4, -0.2) is 41.6 Å². The summed E-state index contributed by atoms with van der Waals surface area (Å²) < 4.78 is 5.36. The van der Waals surface area contributed by atoms with Gasteiger partial charge in [-0.1, -0.05) is 43.3 Å². The van der Waals surface area contributed by atoms with Crippen LogP contribution in [-0.2, 0) is 9.53 Å². The molecule has 0 spiro atoms. The summed E-state index contributed by atoms with van der Waals surface area (Å²) in [6, 6.07) is 18.5. The van der Waals surface area contributed by atoms with E-state index in [1.807, 2.05) is 62.9 Å². The van der Waals surface area contributed by atoms with Gasteiger partial charge in [0.15, 0.2) is 0 Å². The van der Waals surface area contributed by atoms with Gasteiger partial charge in [-0.25, -0.2) is 4.79 Å². The first-order valence-corrected chi connectivity index (χ1v) is 11.9. The summed E-state index contributed by atoms with van der Waals surface area (Å²) in [6.45, 7) is 11.5. The van der Waals surface area contributed by atoms with Crippen molar-refractivity contribution in [2.75, 3.05) is 23.3 Å². The molecule has 1 unspecified atom stereocenters. The summed E-state index contributed by atoms with van der Waals surface area (Å²) in [5, 5.41) is 2.79. The van der Waals surface area contributed by atoms with Gasteiger partial charge in [0.05, 0.1) is 0 Å². The van der Waals surface area contributed by atoms with E-state index in [9.17, 15) is 9.59 Å². The molecule has 6 heteroatoms. The molecule has 2 aromatic rings. The Balaban J connectivity index is 1.71. The minimum absolute atomic E-state index is 0.0963. The molecule has 1 saturated heterocycles. The first-order chi connectivity index (χ1) is 15.7. The molecule has 1 aliphatic heterocycles. The van der Waals surface area contributed by atoms with Crippen LogP contribution in [0.5, 0.6) is 0 Å². The zero-order valence-corrected chi connectivity index (χ0v) is 20.5. The first-order valence-electron chi connectivity index (χ1n) is 11.9. The van der Waals surface area contributed by atoms with Crippen molar-refractivity contribution in [3.63, 3.8) is 0 Å². The summed E-state index contributed by atoms with van der Waals surface area (Å²) in [6.07, 6.45) is 1.75. The molecule has 1 N–H and O–H groups in total. The highest BCUT2D eigenvalue weighted by Gasteiger charge is 2.30. The number of hydrogen-bond acceptors (Lipinski definition) is 4. The zero-order valence-electron chi connectivity index (χ0n) is 20.5. The van der Waals surface area contributed by atoms with Crippen LogP contribution in [0.4, 0.5) is 16.2 Å². The molecule has 6 nitrogen and oxygen atoms in total. The fraction of sp³-hybridized carbons (Fsp3) is 0.481. The highest BCUT2D eigenvalue weighted by molar-refractivity contribution is 5.95. The molecule has 2 aromatic carbocycles. The number of benzene rings is 2. The quantitative estimate of drug-likeness (QED) is 0.585. The number of carbonyl (C=O) groups is 2. The Morgan fingerprint density at radius 3 is 2.36 bits per heavy atom. The van der Waals surface area contributed by atoms with Crippen molar-refractivity contribution >= 4 is 23.4 Å². The fourth-order valence-corrected chi connectivity index (χ4v) is 4.36. The standard InChI is InChI=1S/C27H37N3O3/c1-6-25(31)30(24-14-10-13-22(19-24)28-26(32)33-27(3,4)5)23-15-17-29(18-16-23)20(2)21-11-8-7-9-12-21/h7-14,19-20,23H,6,15-18H2,1-5H3,(H,28,32). The molecule has 1 aliphatic rings. The van der Waals surface area contributed by atoms with Crippen LogP contribution in [0.25, 0.3) is 0 Å². The molecule has 178 valence electrons. The van der Waals surface area contributed by atoms with E-state index in [0.717, 1.165) is 31.6 Å². The van der Waals surface area contributed by atoms with Crippen LogP contribution >= 0.6 is 0 Å². The Kier molecular flexibility index (Phi) is 8.14. The van der Waals surface area contributed by atoms with Gasteiger partial charge in [0.1, 0.15) is 5.60 Å². The van der Waals surface area contributed by atoms with Crippen LogP contribution in [0, 0.1) is 0 Å². The molecule has 1 atom stereocenters. The third-order valence-electron chi connectivity index (χ3n) is 6.03. The molecule has 1 heterocycles. The van der Waals surface area contributed by atoms with Gasteiger partial charge >= 0.3 is 6.09 Å². The number of piperidine rings is 1. The highest BCUT2D eigenvalue weighted by Crippen LogP contribution is 2.30. The van der Waals surface area contributed by atoms with Crippen LogP contribution in [0.15, 0.2) is 54.6 Å². The Hall–Kier alpha value is -2.86. The van der Waals surface area contributed by atoms with Gasteiger partial charge in [-0.15, -0.1) is 0 Å². The van der Waals surface area contributed by atoms with E-state index in [1.54, 1.807) is 0 Å². The molecule has 0 aromatic heterocycles. The maximum atomic E-state index is 13.0. The Bertz CT molecular complexity index is 931. The summed E-state index contributed by atoms with van der Waals surface area (Å²) in [4.78, 5) is 29.6. The molecular formula is C27H37N3O3. The van der Waals surface area contributed by atoms with Crippen molar-refractivity contribution in [1.82, 2.24) is 4.90 Å². The second-order valence-corrected chi connectivity index (χ2v) is 9.65. The third kappa shape index (κ3) is 6.81. The van der Waals surface area contributed by atoms with E-state index in [2.05, 4.69) is 41.4 Å². The lowest BCUT2D eigenvalue weighted by molar-refractivity contribution is -0.119. The van der Waals surface area contributed by atoms with E-state index in [1.165, 1.54) is 5.56 Å². The van der Waals surface area contributed by atoms with Gasteiger partial charge in [0.2, 0.25) is 5.91 Å². The maximum absolute atomic E-state index is 13.0. The predicted molar refractivity (Wildman–Crippen MR) is 134 cm³/mol. The minimum Gasteiger partial charge on any atom is -0.444 e. The largest absolute Gasteiger partial charge is 0.444 e. The van der Waals surface area contributed by atoms with E-state index < -0.39 is 11.7 Å². The van der Waals surface area contributed by atoms with Gasteiger partial charge in [-0.2, -0.15) is 0 Å². The number of likely N-dealkylation sites (tertiary alicyclic amines) is 1. The highest BCUT2D eigenvalue weighted by atomic mass is 16.6. The number of hydrogen-bond donors (Lipinski definition) is 1. The topological polar surface area (TPSA) is 61.9 Å². The fourth-order valence-electron chi connectivity index (χ4n) is 4.36. The smallest absolute Gasteiger partial charge is 0.412 e. The molecule has 33 heavy (non-hydrogen) atoms. The molecule has 0 bridgehead atoms. The number of nitrogens with zero attached hydrogens (tertiary/aromatic N) is 2. The molecule has 0 aliphatic carbocycles. The van der Waals surface area contributed by atoms with Crippen LogP contribution < -0.4 is 10.2 Å². The van der Waals surface area contributed by atoms with Gasteiger partial charge in [-0.3, -0.25) is 15.0 Å². The Morgan fingerprint density at radius 1 is 1.09 bits per heavy atom. The second kappa shape index (κ2) is 10.8. The maximum Gasteiger partial charge on any atom is 0.412 e. The molecule has 1 fully saturated rings. The number of ether oxygens (including phenoxy) is 1. The van der Waals surface area contributed by atoms with Gasteiger partial charge in [0.25, 0.3) is 0 Å². The van der Waals surface area contributed by atoms with Gasteiger partial charge in [0, 0.05) is 43.0 Å². The number of amides is 2. The van der Waals surface area contributed by atoms with Crippen molar-refractivity contribution in [3.8, 4) is 0 Å². The van der Waals surface area contributed by atoms with Crippen LogP contribution in [0.2, 0.25) is 0 Å². The second-order valence-electron chi connectivity index (χ2n) is 9.65. The van der Waals surface area contributed by atoms with Crippen molar-refractivity contribution in [1.29, 1.82) is 0 Å². The lowest BCUT2D eigenvalue weighted by Crippen LogP contribution is -2.48. The van der Waals surface area contributed by atoms with E-state index in [4.69, 9.17) is 4.74 Å².